The molecule has 2 aliphatic heterocycles. The second-order valence-electron chi connectivity index (χ2n) is 7.35. The Kier molecular flexibility index (Phi) is 5.50. The highest BCUT2D eigenvalue weighted by Gasteiger charge is 2.38. The summed E-state index contributed by atoms with van der Waals surface area (Å²) in [4.78, 5) is 16.9. The number of benzene rings is 2. The number of halogens is 1. The maximum Gasteiger partial charge on any atom is 0.256 e. The van der Waals surface area contributed by atoms with E-state index in [-0.39, 0.29) is 11.5 Å². The highest BCUT2D eigenvalue weighted by molar-refractivity contribution is 5.95. The third kappa shape index (κ3) is 4.04. The number of hydrogen-bond acceptors (Lipinski definition) is 3. The van der Waals surface area contributed by atoms with E-state index >= 15 is 0 Å². The second-order valence-corrected chi connectivity index (χ2v) is 7.35. The number of likely N-dealkylation sites (tertiary alicyclic amines) is 1. The van der Waals surface area contributed by atoms with E-state index in [9.17, 15) is 9.18 Å². The van der Waals surface area contributed by atoms with Gasteiger partial charge < -0.3 is 9.64 Å². The van der Waals surface area contributed by atoms with Crippen molar-refractivity contribution in [3.05, 3.63) is 71.5 Å². The van der Waals surface area contributed by atoms with E-state index in [1.54, 1.807) is 23.1 Å². The molecule has 1 amide bonds. The first kappa shape index (κ1) is 18.1. The van der Waals surface area contributed by atoms with Crippen LogP contribution in [0.2, 0.25) is 0 Å². The van der Waals surface area contributed by atoms with Crippen LogP contribution in [0.3, 0.4) is 0 Å². The summed E-state index contributed by atoms with van der Waals surface area (Å²) in [5.74, 6) is -0.660. The van der Waals surface area contributed by atoms with Gasteiger partial charge >= 0.3 is 0 Å². The van der Waals surface area contributed by atoms with Gasteiger partial charge in [0, 0.05) is 44.9 Å². The fraction of sp³-hybridized carbons (Fsp3) is 0.409. The van der Waals surface area contributed by atoms with Crippen molar-refractivity contribution in [3.8, 4) is 0 Å². The molecule has 2 aromatic rings. The predicted octanol–water partition coefficient (Wildman–Crippen LogP) is 3.33. The van der Waals surface area contributed by atoms with Crippen LogP contribution in [0.15, 0.2) is 54.6 Å². The summed E-state index contributed by atoms with van der Waals surface area (Å²) in [6.07, 6.45) is 2.04. The van der Waals surface area contributed by atoms with E-state index in [1.165, 1.54) is 11.6 Å². The number of nitrogens with zero attached hydrogens (tertiary/aromatic N) is 2. The Morgan fingerprint density at radius 3 is 2.37 bits per heavy atom. The van der Waals surface area contributed by atoms with Gasteiger partial charge in [-0.25, -0.2) is 4.39 Å². The van der Waals surface area contributed by atoms with Crippen LogP contribution in [-0.4, -0.2) is 54.1 Å². The molecule has 0 aliphatic carbocycles. The monoisotopic (exact) mass is 368 g/mol. The van der Waals surface area contributed by atoms with Gasteiger partial charge in [-0.1, -0.05) is 42.5 Å². The molecule has 0 bridgehead atoms. The van der Waals surface area contributed by atoms with E-state index in [2.05, 4.69) is 29.2 Å². The summed E-state index contributed by atoms with van der Waals surface area (Å²) in [7, 11) is 0. The average Bonchev–Trinajstić information content (AvgIpc) is 2.68. The number of rotatable bonds is 5. The van der Waals surface area contributed by atoms with Crippen molar-refractivity contribution in [1.82, 2.24) is 9.80 Å². The molecule has 142 valence electrons. The smallest absolute Gasteiger partial charge is 0.256 e. The summed E-state index contributed by atoms with van der Waals surface area (Å²) in [5.41, 5.74) is 1.44. The van der Waals surface area contributed by atoms with Crippen LogP contribution in [0.5, 0.6) is 0 Å². The third-order valence-electron chi connectivity index (χ3n) is 5.59. The van der Waals surface area contributed by atoms with Crippen molar-refractivity contribution in [3.63, 3.8) is 0 Å². The van der Waals surface area contributed by atoms with E-state index < -0.39 is 5.82 Å². The molecule has 27 heavy (non-hydrogen) atoms. The van der Waals surface area contributed by atoms with Crippen molar-refractivity contribution in [2.24, 2.45) is 0 Å². The molecule has 4 nitrogen and oxygen atoms in total. The molecule has 5 heteroatoms. The molecule has 2 aromatic carbocycles. The molecule has 4 rings (SSSR count). The standard InChI is InChI=1S/C22H25FN2O2/c23-21-9-5-4-8-20(21)22(26)24-15-19(16-24)25(18-10-12-27-13-11-18)14-17-6-2-1-3-7-17/h1-9,18-19H,10-16H2. The van der Waals surface area contributed by atoms with Crippen molar-refractivity contribution in [2.75, 3.05) is 26.3 Å². The average molecular weight is 368 g/mol. The largest absolute Gasteiger partial charge is 0.381 e. The SMILES string of the molecule is O=C(c1ccccc1F)N1CC(N(Cc2ccccc2)C2CCOCC2)C1. The van der Waals surface area contributed by atoms with Gasteiger partial charge in [-0.3, -0.25) is 9.69 Å². The molecule has 2 saturated heterocycles. The topological polar surface area (TPSA) is 32.8 Å². The summed E-state index contributed by atoms with van der Waals surface area (Å²) in [6.45, 7) is 3.76. The van der Waals surface area contributed by atoms with Crippen molar-refractivity contribution in [1.29, 1.82) is 0 Å². The maximum absolute atomic E-state index is 13.9. The summed E-state index contributed by atoms with van der Waals surface area (Å²) in [6, 6.07) is 17.4. The lowest BCUT2D eigenvalue weighted by atomic mass is 9.98. The molecule has 0 saturated carbocycles. The Morgan fingerprint density at radius 1 is 1.00 bits per heavy atom. The van der Waals surface area contributed by atoms with Gasteiger partial charge in [0.25, 0.3) is 5.91 Å². The first-order valence-corrected chi connectivity index (χ1v) is 9.63. The maximum atomic E-state index is 13.9. The minimum atomic E-state index is -0.448. The molecule has 2 fully saturated rings. The third-order valence-corrected chi connectivity index (χ3v) is 5.59. The summed E-state index contributed by atoms with van der Waals surface area (Å²) >= 11 is 0. The second kappa shape index (κ2) is 8.19. The van der Waals surface area contributed by atoms with Crippen LogP contribution in [-0.2, 0) is 11.3 Å². The fourth-order valence-electron chi connectivity index (χ4n) is 4.00. The van der Waals surface area contributed by atoms with Gasteiger partial charge in [0.15, 0.2) is 0 Å². The van der Waals surface area contributed by atoms with Crippen LogP contribution >= 0.6 is 0 Å². The van der Waals surface area contributed by atoms with Crippen molar-refractivity contribution in [2.45, 2.75) is 31.5 Å². The molecule has 0 aromatic heterocycles. The van der Waals surface area contributed by atoms with E-state index in [1.807, 2.05) is 6.07 Å². The van der Waals surface area contributed by atoms with E-state index in [4.69, 9.17) is 4.74 Å². The van der Waals surface area contributed by atoms with Gasteiger partial charge in [-0.2, -0.15) is 0 Å². The number of amides is 1. The number of hydrogen-bond donors (Lipinski definition) is 0. The first-order valence-electron chi connectivity index (χ1n) is 9.63. The lowest BCUT2D eigenvalue weighted by Crippen LogP contribution is -2.63. The highest BCUT2D eigenvalue weighted by Crippen LogP contribution is 2.26. The van der Waals surface area contributed by atoms with Crippen LogP contribution < -0.4 is 0 Å². The van der Waals surface area contributed by atoms with Gasteiger partial charge in [-0.05, 0) is 30.5 Å². The minimum absolute atomic E-state index is 0.164. The fourth-order valence-corrected chi connectivity index (χ4v) is 4.00. The molecule has 0 atom stereocenters. The molecular weight excluding hydrogens is 343 g/mol. The summed E-state index contributed by atoms with van der Waals surface area (Å²) < 4.78 is 19.5. The zero-order valence-corrected chi connectivity index (χ0v) is 15.4. The minimum Gasteiger partial charge on any atom is -0.381 e. The number of carbonyl (C=O) groups is 1. The Balaban J connectivity index is 1.44. The van der Waals surface area contributed by atoms with Crippen molar-refractivity contribution < 1.29 is 13.9 Å². The Morgan fingerprint density at radius 2 is 1.67 bits per heavy atom. The van der Waals surface area contributed by atoms with Crippen molar-refractivity contribution >= 4 is 5.91 Å². The van der Waals surface area contributed by atoms with Gasteiger partial charge in [-0.15, -0.1) is 0 Å². The molecular formula is C22H25FN2O2. The predicted molar refractivity (Wildman–Crippen MR) is 102 cm³/mol. The molecule has 2 aliphatic rings. The zero-order valence-electron chi connectivity index (χ0n) is 15.4. The van der Waals surface area contributed by atoms with Gasteiger partial charge in [0.2, 0.25) is 0 Å². The molecule has 0 spiro atoms. The van der Waals surface area contributed by atoms with Crippen LogP contribution in [0.4, 0.5) is 4.39 Å². The van der Waals surface area contributed by atoms with E-state index in [0.29, 0.717) is 25.2 Å². The normalized spacial score (nSPS) is 18.5. The lowest BCUT2D eigenvalue weighted by Gasteiger charge is -2.49. The van der Waals surface area contributed by atoms with Crippen LogP contribution in [0, 0.1) is 5.82 Å². The lowest BCUT2D eigenvalue weighted by molar-refractivity contribution is -0.0290. The molecule has 0 unspecified atom stereocenters. The molecule has 0 N–H and O–H groups in total. The van der Waals surface area contributed by atoms with E-state index in [0.717, 1.165) is 32.6 Å². The molecule has 0 radical (unpaired) electrons. The van der Waals surface area contributed by atoms with Gasteiger partial charge in [0.05, 0.1) is 5.56 Å². The Labute approximate surface area is 159 Å². The molecule has 2 heterocycles. The Hall–Kier alpha value is -2.24. The number of carbonyl (C=O) groups excluding carboxylic acids is 1. The van der Waals surface area contributed by atoms with Gasteiger partial charge in [0.1, 0.15) is 5.82 Å². The first-order chi connectivity index (χ1) is 13.2. The van der Waals surface area contributed by atoms with Crippen LogP contribution in [0.25, 0.3) is 0 Å². The quantitative estimate of drug-likeness (QED) is 0.812. The highest BCUT2D eigenvalue weighted by atomic mass is 19.1. The Bertz CT molecular complexity index is 771. The number of ether oxygens (including phenoxy) is 1. The summed E-state index contributed by atoms with van der Waals surface area (Å²) in [5, 5.41) is 0. The van der Waals surface area contributed by atoms with Crippen LogP contribution in [0.1, 0.15) is 28.8 Å². The zero-order chi connectivity index (χ0) is 18.6.